The molecule has 3 atom stereocenters. The molecule has 1 saturated heterocycles. The summed E-state index contributed by atoms with van der Waals surface area (Å²) in [5, 5.41) is 17.5. The quantitative estimate of drug-likeness (QED) is 0.527. The van der Waals surface area contributed by atoms with Gasteiger partial charge in [-0.3, -0.25) is 0 Å². The Labute approximate surface area is 181 Å². The second kappa shape index (κ2) is 7.42. The first-order valence-electron chi connectivity index (χ1n) is 10.6. The number of aromatic nitrogens is 2. The van der Waals surface area contributed by atoms with E-state index in [0.717, 1.165) is 67.7 Å². The van der Waals surface area contributed by atoms with Gasteiger partial charge in [-0.15, -0.1) is 0 Å². The van der Waals surface area contributed by atoms with Crippen LogP contribution in [0, 0.1) is 24.7 Å². The molecule has 1 saturated carbocycles. The van der Waals surface area contributed by atoms with Crippen molar-refractivity contribution in [1.82, 2.24) is 15.3 Å². The van der Waals surface area contributed by atoms with Gasteiger partial charge in [-0.05, 0) is 56.3 Å². The molecule has 2 fully saturated rings. The number of hydrogen-bond donors (Lipinski definition) is 4. The Morgan fingerprint density at radius 3 is 2.93 bits per heavy atom. The van der Waals surface area contributed by atoms with Crippen LogP contribution >= 0.6 is 11.6 Å². The number of nitrogens with zero attached hydrogens (tertiary/aromatic N) is 2. The van der Waals surface area contributed by atoms with Crippen molar-refractivity contribution in [1.29, 1.82) is 0 Å². The first-order valence-corrected chi connectivity index (χ1v) is 11.0. The van der Waals surface area contributed by atoms with Gasteiger partial charge in [0.25, 0.3) is 0 Å². The highest BCUT2D eigenvalue weighted by Crippen LogP contribution is 2.47. The van der Waals surface area contributed by atoms with Crippen LogP contribution in [0.2, 0.25) is 5.02 Å². The smallest absolute Gasteiger partial charge is 0.220 e. The number of fused-ring (bicyclic) bond motifs is 2. The average Bonchev–Trinajstić information content (AvgIpc) is 3.44. The number of benzene rings is 1. The molecular formula is C23H26ClN5O. The van der Waals surface area contributed by atoms with E-state index < -0.39 is 0 Å². The lowest BCUT2D eigenvalue weighted by molar-refractivity contribution is 0.180. The second-order valence-corrected chi connectivity index (χ2v) is 9.17. The van der Waals surface area contributed by atoms with Crippen molar-refractivity contribution >= 4 is 23.2 Å². The molecule has 1 aromatic heterocycles. The highest BCUT2D eigenvalue weighted by Gasteiger charge is 2.43. The Kier molecular flexibility index (Phi) is 4.85. The molecule has 3 aliphatic rings. The van der Waals surface area contributed by atoms with Crippen LogP contribution in [0.4, 0.5) is 11.6 Å². The van der Waals surface area contributed by atoms with Gasteiger partial charge in [-0.1, -0.05) is 23.4 Å². The van der Waals surface area contributed by atoms with E-state index in [0.29, 0.717) is 10.7 Å². The van der Waals surface area contributed by atoms with Crippen molar-refractivity contribution in [2.45, 2.75) is 44.1 Å². The number of hydrogen-bond acceptors (Lipinski definition) is 6. The summed E-state index contributed by atoms with van der Waals surface area (Å²) in [4.78, 5) is 8.52. The minimum Gasteiger partial charge on any atom is -0.393 e. The summed E-state index contributed by atoms with van der Waals surface area (Å²) in [6.07, 6.45) is 4.90. The molecule has 156 valence electrons. The molecule has 2 aliphatic heterocycles. The molecule has 0 bridgehead atoms. The van der Waals surface area contributed by atoms with Crippen molar-refractivity contribution < 1.29 is 5.11 Å². The van der Waals surface area contributed by atoms with E-state index in [1.54, 1.807) is 6.20 Å². The molecular weight excluding hydrogens is 398 g/mol. The number of rotatable bonds is 1. The molecule has 5 N–H and O–H groups in total. The number of halogens is 1. The standard InChI is InChI=1S/C23H26ClN5O/c1-13-19(21-17(24)10-27-22(25)29-21)15(4-2-14-3-5-16(30)8-14)9-18-20(13)23(12-28-18)6-7-26-11-23/h9-10,14,16,26,28,30H,3,5-8,11-12H2,1H3,(H2,25,27,29)/t14-,16?,23?/m0/s1. The summed E-state index contributed by atoms with van der Waals surface area (Å²) in [7, 11) is 0. The Bertz CT molecular complexity index is 1070. The van der Waals surface area contributed by atoms with Crippen molar-refractivity contribution in [2.75, 3.05) is 30.7 Å². The van der Waals surface area contributed by atoms with Crippen LogP contribution in [0.25, 0.3) is 11.3 Å². The van der Waals surface area contributed by atoms with Crippen molar-refractivity contribution in [3.63, 3.8) is 0 Å². The summed E-state index contributed by atoms with van der Waals surface area (Å²) in [6.45, 7) is 5.03. The van der Waals surface area contributed by atoms with E-state index in [1.807, 2.05) is 0 Å². The predicted octanol–water partition coefficient (Wildman–Crippen LogP) is 2.86. The number of anilines is 2. The molecule has 2 aromatic rings. The largest absolute Gasteiger partial charge is 0.393 e. The van der Waals surface area contributed by atoms with Crippen LogP contribution in [-0.2, 0) is 5.41 Å². The number of aliphatic hydroxyl groups excluding tert-OH is 1. The SMILES string of the molecule is Cc1c(-c2nc(N)ncc2Cl)c(C#C[C@H]2CCC(O)C2)cc2c1C1(CCNC1)CN2. The predicted molar refractivity (Wildman–Crippen MR) is 120 cm³/mol. The molecule has 30 heavy (non-hydrogen) atoms. The summed E-state index contributed by atoms with van der Waals surface area (Å²) in [6, 6.07) is 2.14. The maximum absolute atomic E-state index is 9.85. The van der Waals surface area contributed by atoms with Gasteiger partial charge < -0.3 is 21.5 Å². The Balaban J connectivity index is 1.70. The van der Waals surface area contributed by atoms with Crippen LogP contribution < -0.4 is 16.4 Å². The first-order chi connectivity index (χ1) is 14.5. The average molecular weight is 424 g/mol. The van der Waals surface area contributed by atoms with Crippen LogP contribution in [0.1, 0.15) is 42.4 Å². The van der Waals surface area contributed by atoms with Crippen molar-refractivity contribution in [3.05, 3.63) is 34.0 Å². The molecule has 1 aliphatic carbocycles. The Morgan fingerprint density at radius 1 is 1.33 bits per heavy atom. The highest BCUT2D eigenvalue weighted by atomic mass is 35.5. The van der Waals surface area contributed by atoms with Gasteiger partial charge in [-0.25, -0.2) is 9.97 Å². The monoisotopic (exact) mass is 423 g/mol. The van der Waals surface area contributed by atoms with E-state index in [-0.39, 0.29) is 23.4 Å². The van der Waals surface area contributed by atoms with Gasteiger partial charge >= 0.3 is 0 Å². The van der Waals surface area contributed by atoms with E-state index in [2.05, 4.69) is 45.4 Å². The van der Waals surface area contributed by atoms with Crippen LogP contribution in [0.15, 0.2) is 12.3 Å². The molecule has 7 heteroatoms. The zero-order valence-corrected chi connectivity index (χ0v) is 17.8. The molecule has 0 amide bonds. The van der Waals surface area contributed by atoms with Gasteiger partial charge in [0, 0.05) is 41.2 Å². The fraction of sp³-hybridized carbons (Fsp3) is 0.478. The fourth-order valence-electron chi connectivity index (χ4n) is 5.33. The molecule has 6 nitrogen and oxygen atoms in total. The molecule has 5 rings (SSSR count). The second-order valence-electron chi connectivity index (χ2n) is 8.77. The highest BCUT2D eigenvalue weighted by molar-refractivity contribution is 6.33. The van der Waals surface area contributed by atoms with Crippen LogP contribution in [0.3, 0.4) is 0 Å². The van der Waals surface area contributed by atoms with Crippen molar-refractivity contribution in [2.24, 2.45) is 5.92 Å². The summed E-state index contributed by atoms with van der Waals surface area (Å²) in [5.74, 6) is 7.19. The van der Waals surface area contributed by atoms with Crippen LogP contribution in [0.5, 0.6) is 0 Å². The first kappa shape index (κ1) is 19.6. The third-order valence-corrected chi connectivity index (χ3v) is 7.06. The molecule has 0 radical (unpaired) electrons. The molecule has 2 unspecified atom stereocenters. The van der Waals surface area contributed by atoms with E-state index >= 15 is 0 Å². The number of aliphatic hydroxyl groups is 1. The van der Waals surface area contributed by atoms with E-state index in [1.165, 1.54) is 5.56 Å². The molecule has 3 heterocycles. The lowest BCUT2D eigenvalue weighted by Gasteiger charge is -2.25. The number of nitrogens with two attached hydrogens (primary N) is 1. The van der Waals surface area contributed by atoms with Gasteiger partial charge in [0.1, 0.15) is 0 Å². The normalized spacial score (nSPS) is 27.0. The summed E-state index contributed by atoms with van der Waals surface area (Å²) >= 11 is 6.53. The van der Waals surface area contributed by atoms with Crippen molar-refractivity contribution in [3.8, 4) is 23.1 Å². The third kappa shape index (κ3) is 3.22. The lowest BCUT2D eigenvalue weighted by atomic mass is 9.77. The summed E-state index contributed by atoms with van der Waals surface area (Å²) < 4.78 is 0. The maximum Gasteiger partial charge on any atom is 0.220 e. The third-order valence-electron chi connectivity index (χ3n) is 6.78. The topological polar surface area (TPSA) is 96.1 Å². The minimum atomic E-state index is -0.238. The van der Waals surface area contributed by atoms with Gasteiger partial charge in [-0.2, -0.15) is 0 Å². The zero-order valence-electron chi connectivity index (χ0n) is 17.1. The zero-order chi connectivity index (χ0) is 20.9. The summed E-state index contributed by atoms with van der Waals surface area (Å²) in [5.41, 5.74) is 12.1. The maximum atomic E-state index is 9.85. The molecule has 1 aromatic carbocycles. The minimum absolute atomic E-state index is 0.0841. The van der Waals surface area contributed by atoms with Gasteiger partial charge in [0.2, 0.25) is 5.95 Å². The number of nitrogens with one attached hydrogen (secondary N) is 2. The molecule has 1 spiro atoms. The Morgan fingerprint density at radius 2 is 2.20 bits per heavy atom. The van der Waals surface area contributed by atoms with Gasteiger partial charge in [0.05, 0.1) is 23.0 Å². The lowest BCUT2D eigenvalue weighted by Crippen LogP contribution is -2.31. The van der Waals surface area contributed by atoms with E-state index in [9.17, 15) is 5.11 Å². The van der Waals surface area contributed by atoms with E-state index in [4.69, 9.17) is 17.3 Å². The number of nitrogen functional groups attached to an aromatic ring is 1. The van der Waals surface area contributed by atoms with Crippen LogP contribution in [-0.4, -0.2) is 40.8 Å². The van der Waals surface area contributed by atoms with Gasteiger partial charge in [0.15, 0.2) is 0 Å². The fourth-order valence-corrected chi connectivity index (χ4v) is 5.52. The Hall–Kier alpha value is -2.33.